The monoisotopic (exact) mass is 745 g/mol. The average Bonchev–Trinajstić information content (AvgIpc) is 3.65. The zero-order valence-electron chi connectivity index (χ0n) is 30.7. The zero-order valence-corrected chi connectivity index (χ0v) is 30.7. The van der Waals surface area contributed by atoms with E-state index >= 15 is 0 Å². The second kappa shape index (κ2) is 18.0. The molecule has 1 aliphatic carbocycles. The third-order valence-corrected chi connectivity index (χ3v) is 9.36. The number of anilines is 1. The van der Waals surface area contributed by atoms with E-state index in [0.717, 1.165) is 11.1 Å². The van der Waals surface area contributed by atoms with Crippen LogP contribution in [-0.2, 0) is 27.5 Å². The Bertz CT molecular complexity index is 2060. The molecule has 2 N–H and O–H groups in total. The van der Waals surface area contributed by atoms with Crippen molar-refractivity contribution in [3.63, 3.8) is 0 Å². The number of benzene rings is 4. The minimum absolute atomic E-state index is 0.0886. The second-order valence-corrected chi connectivity index (χ2v) is 13.3. The molecule has 6 rings (SSSR count). The van der Waals surface area contributed by atoms with Crippen LogP contribution in [0.4, 0.5) is 10.7 Å². The number of ether oxygens (including phenoxy) is 2. The Hall–Kier alpha value is -6.57. The van der Waals surface area contributed by atoms with Crippen LogP contribution in [0.1, 0.15) is 44.2 Å². The first kappa shape index (κ1) is 38.2. The van der Waals surface area contributed by atoms with Gasteiger partial charge in [-0.15, -0.1) is 4.68 Å². The van der Waals surface area contributed by atoms with Crippen LogP contribution >= 0.6 is 0 Å². The molecule has 0 unspecified atom stereocenters. The van der Waals surface area contributed by atoms with E-state index in [0.29, 0.717) is 60.2 Å². The summed E-state index contributed by atoms with van der Waals surface area (Å²) in [6, 6.07) is 33.8. The molecule has 1 saturated carbocycles. The summed E-state index contributed by atoms with van der Waals surface area (Å²) in [6.45, 7) is 5.31. The van der Waals surface area contributed by atoms with E-state index < -0.39 is 35.7 Å². The minimum atomic E-state index is -1.49. The van der Waals surface area contributed by atoms with Crippen molar-refractivity contribution in [1.82, 2.24) is 30.0 Å². The zero-order chi connectivity index (χ0) is 38.7. The number of nitrogens with one attached hydrogen (secondary N) is 1. The Balaban J connectivity index is 1.21. The summed E-state index contributed by atoms with van der Waals surface area (Å²) < 4.78 is 12.3. The van der Waals surface area contributed by atoms with Crippen LogP contribution in [0.5, 0.6) is 23.0 Å². The lowest BCUT2D eigenvalue weighted by atomic mass is 9.62. The highest BCUT2D eigenvalue weighted by atomic mass is 16.5. The Labute approximate surface area is 318 Å². The van der Waals surface area contributed by atoms with Gasteiger partial charge >= 0.3 is 6.09 Å². The summed E-state index contributed by atoms with van der Waals surface area (Å²) in [5, 5.41) is 22.3. The number of aromatic nitrogens is 4. The smallest absolute Gasteiger partial charge is 0.436 e. The number of amides is 3. The Morgan fingerprint density at radius 1 is 0.691 bits per heavy atom. The number of para-hydroxylation sites is 2. The van der Waals surface area contributed by atoms with Crippen LogP contribution in [0.3, 0.4) is 0 Å². The number of carbonyl (C=O) groups is 4. The Morgan fingerprint density at radius 3 is 1.64 bits per heavy atom. The van der Waals surface area contributed by atoms with Crippen molar-refractivity contribution in [2.45, 2.75) is 46.2 Å². The summed E-state index contributed by atoms with van der Waals surface area (Å²) in [6.07, 6.45) is -0.0768. The van der Waals surface area contributed by atoms with E-state index in [1.165, 1.54) is 0 Å². The maximum atomic E-state index is 14.6. The van der Waals surface area contributed by atoms with Crippen molar-refractivity contribution >= 4 is 29.8 Å². The number of rotatable bonds is 16. The minimum Gasteiger partial charge on any atom is -0.463 e. The Kier molecular flexibility index (Phi) is 12.5. The molecule has 1 aliphatic rings. The highest BCUT2D eigenvalue weighted by Crippen LogP contribution is 2.44. The van der Waals surface area contributed by atoms with Gasteiger partial charge < -0.3 is 24.4 Å². The quantitative estimate of drug-likeness (QED) is 0.102. The number of carbonyl (C=O) groups excluding carboxylic acids is 3. The van der Waals surface area contributed by atoms with Crippen molar-refractivity contribution < 1.29 is 33.8 Å². The lowest BCUT2D eigenvalue weighted by Gasteiger charge is -2.45. The first-order valence-corrected chi connectivity index (χ1v) is 18.3. The molecule has 4 aromatic carbocycles. The van der Waals surface area contributed by atoms with Crippen molar-refractivity contribution in [1.29, 1.82) is 0 Å². The van der Waals surface area contributed by atoms with Gasteiger partial charge in [-0.2, -0.15) is 0 Å². The molecule has 1 aromatic heterocycles. The first-order chi connectivity index (χ1) is 26.7. The summed E-state index contributed by atoms with van der Waals surface area (Å²) in [5.41, 5.74) is 1.73. The van der Waals surface area contributed by atoms with Crippen molar-refractivity contribution in [2.24, 2.45) is 17.8 Å². The summed E-state index contributed by atoms with van der Waals surface area (Å²) in [7, 11) is 0. The first-order valence-electron chi connectivity index (χ1n) is 18.3. The molecule has 1 heterocycles. The molecule has 3 amide bonds. The van der Waals surface area contributed by atoms with Gasteiger partial charge in [0.15, 0.2) is 0 Å². The predicted octanol–water partition coefficient (Wildman–Crippen LogP) is 6.85. The van der Waals surface area contributed by atoms with E-state index in [1.807, 2.05) is 123 Å². The standard InChI is InChI=1S/C41H43N7O7/c1-3-23-46(26-28-15-19-32(20-16-28)54-30-11-7-5-8-12-30)38(50)35-25-34(37(49)42-40-43-44-45-48(40)41(52)53)36(35)39(51)47(24-4-2)27-29-17-21-33(22-18-29)55-31-13-9-6-10-14-31/h5-22,34-36H,3-4,23-27H2,1-2H3,(H,52,53)(H,42,43,45,49)/t34-,35-,36-/m1/s1. The molecule has 0 aliphatic heterocycles. The van der Waals surface area contributed by atoms with Crippen LogP contribution in [0.15, 0.2) is 109 Å². The molecule has 5 aromatic rings. The lowest BCUT2D eigenvalue weighted by molar-refractivity contribution is -0.161. The molecule has 0 bridgehead atoms. The van der Waals surface area contributed by atoms with Crippen molar-refractivity contribution in [3.05, 3.63) is 120 Å². The topological polar surface area (TPSA) is 169 Å². The van der Waals surface area contributed by atoms with Crippen LogP contribution < -0.4 is 14.8 Å². The van der Waals surface area contributed by atoms with Gasteiger partial charge in [0.1, 0.15) is 23.0 Å². The van der Waals surface area contributed by atoms with Gasteiger partial charge in [-0.25, -0.2) is 4.79 Å². The molecule has 0 radical (unpaired) electrons. The predicted molar refractivity (Wildman–Crippen MR) is 202 cm³/mol. The number of tetrazole rings is 1. The third-order valence-electron chi connectivity index (χ3n) is 9.36. The molecule has 14 nitrogen and oxygen atoms in total. The fraction of sp³-hybridized carbons (Fsp3) is 0.293. The van der Waals surface area contributed by atoms with Gasteiger partial charge in [0, 0.05) is 26.2 Å². The summed E-state index contributed by atoms with van der Waals surface area (Å²) in [5.74, 6) is -1.62. The average molecular weight is 746 g/mol. The number of hydrogen-bond donors (Lipinski definition) is 2. The third kappa shape index (κ3) is 9.51. The van der Waals surface area contributed by atoms with E-state index in [1.54, 1.807) is 9.80 Å². The van der Waals surface area contributed by atoms with Crippen LogP contribution in [0, 0.1) is 17.8 Å². The largest absolute Gasteiger partial charge is 0.463 e. The highest BCUT2D eigenvalue weighted by molar-refractivity contribution is 6.00. The van der Waals surface area contributed by atoms with Crippen LogP contribution in [0.25, 0.3) is 0 Å². The van der Waals surface area contributed by atoms with Crippen molar-refractivity contribution in [2.75, 3.05) is 18.4 Å². The Morgan fingerprint density at radius 2 is 1.16 bits per heavy atom. The second-order valence-electron chi connectivity index (χ2n) is 13.3. The fourth-order valence-electron chi connectivity index (χ4n) is 6.65. The summed E-state index contributed by atoms with van der Waals surface area (Å²) >= 11 is 0. The van der Waals surface area contributed by atoms with E-state index in [-0.39, 0.29) is 24.8 Å². The van der Waals surface area contributed by atoms with Crippen LogP contribution in [-0.4, -0.2) is 72.0 Å². The van der Waals surface area contributed by atoms with Gasteiger partial charge in [-0.1, -0.05) is 79.6 Å². The number of hydrogen-bond acceptors (Lipinski definition) is 9. The fourth-order valence-corrected chi connectivity index (χ4v) is 6.65. The maximum Gasteiger partial charge on any atom is 0.436 e. The lowest BCUT2D eigenvalue weighted by Crippen LogP contribution is -2.57. The van der Waals surface area contributed by atoms with Crippen molar-refractivity contribution in [3.8, 4) is 23.0 Å². The molecule has 55 heavy (non-hydrogen) atoms. The van der Waals surface area contributed by atoms with Gasteiger partial charge in [0.2, 0.25) is 17.7 Å². The molecule has 284 valence electrons. The molecular formula is C41H43N7O7. The summed E-state index contributed by atoms with van der Waals surface area (Å²) in [4.78, 5) is 57.6. The normalized spacial score (nSPS) is 16.0. The molecule has 3 atom stereocenters. The molecule has 14 heteroatoms. The van der Waals surface area contributed by atoms with Crippen LogP contribution in [0.2, 0.25) is 0 Å². The number of nitrogens with zero attached hydrogens (tertiary/aromatic N) is 6. The molecule has 0 saturated heterocycles. The van der Waals surface area contributed by atoms with Gasteiger partial charge in [-0.3, -0.25) is 19.7 Å². The molecule has 1 fully saturated rings. The van der Waals surface area contributed by atoms with Gasteiger partial charge in [-0.05, 0) is 89.3 Å². The van der Waals surface area contributed by atoms with E-state index in [9.17, 15) is 24.3 Å². The van der Waals surface area contributed by atoms with Gasteiger partial charge in [0.05, 0.1) is 17.8 Å². The van der Waals surface area contributed by atoms with E-state index in [4.69, 9.17) is 9.47 Å². The highest BCUT2D eigenvalue weighted by Gasteiger charge is 2.54. The maximum absolute atomic E-state index is 14.6. The molecular weight excluding hydrogens is 702 g/mol. The van der Waals surface area contributed by atoms with E-state index in [2.05, 4.69) is 20.8 Å². The number of carboxylic acid groups (broad SMARTS) is 1. The molecule has 0 spiro atoms. The SMILES string of the molecule is CCCN(Cc1ccc(Oc2ccccc2)cc1)C(=O)[C@@H]1[C@H](C(=O)Nc2nnnn2C(=O)O)C[C@H]1C(=O)N(CCC)Cc1ccc(Oc2ccccc2)cc1. The van der Waals surface area contributed by atoms with Gasteiger partial charge in [0.25, 0.3) is 5.95 Å².